The number of anilines is 1. The van der Waals surface area contributed by atoms with Gasteiger partial charge in [0.25, 0.3) is 0 Å². The van der Waals surface area contributed by atoms with Crippen LogP contribution in [-0.2, 0) is 4.79 Å². The van der Waals surface area contributed by atoms with Gasteiger partial charge >= 0.3 is 5.97 Å². The van der Waals surface area contributed by atoms with Crippen LogP contribution in [0.1, 0.15) is 35.3 Å². The van der Waals surface area contributed by atoms with Crippen LogP contribution in [0.15, 0.2) is 6.20 Å². The third-order valence-electron chi connectivity index (χ3n) is 3.02. The number of rotatable bonds is 3. The number of aryl methyl sites for hydroxylation is 1. The third kappa shape index (κ3) is 2.69. The number of nitrogens with one attached hydrogen (secondary N) is 2. The maximum Gasteiger partial charge on any atom is 0.339 e. The molecular formula is C12H16N2O3S. The molecule has 18 heavy (non-hydrogen) atoms. The molecule has 1 fully saturated rings. The summed E-state index contributed by atoms with van der Waals surface area (Å²) >= 11 is 1.64. The van der Waals surface area contributed by atoms with Gasteiger partial charge in [-0.1, -0.05) is 6.42 Å². The van der Waals surface area contributed by atoms with Crippen molar-refractivity contribution in [2.24, 2.45) is 0 Å². The summed E-state index contributed by atoms with van der Waals surface area (Å²) in [5.41, 5.74) is 1.05. The second-order valence-electron chi connectivity index (χ2n) is 4.35. The maximum atomic E-state index is 12.0. The highest BCUT2D eigenvalue weighted by Gasteiger charge is 2.24. The molecule has 98 valence electrons. The van der Waals surface area contributed by atoms with Crippen LogP contribution >= 0.6 is 11.8 Å². The van der Waals surface area contributed by atoms with Gasteiger partial charge in [-0.25, -0.2) is 4.79 Å². The lowest BCUT2D eigenvalue weighted by molar-refractivity contribution is -0.115. The van der Waals surface area contributed by atoms with E-state index in [0.717, 1.165) is 25.0 Å². The number of H-pyrrole nitrogens is 1. The number of aromatic nitrogens is 1. The SMILES string of the molecule is Cc1[nH]cc(NC(=O)C2CCCCS2)c1C(=O)O. The van der Waals surface area contributed by atoms with Gasteiger partial charge in [0.15, 0.2) is 0 Å². The molecule has 2 rings (SSSR count). The van der Waals surface area contributed by atoms with Crippen LogP contribution in [0.25, 0.3) is 0 Å². The summed E-state index contributed by atoms with van der Waals surface area (Å²) in [6.45, 7) is 1.68. The van der Waals surface area contributed by atoms with E-state index in [9.17, 15) is 9.59 Å². The van der Waals surface area contributed by atoms with Crippen molar-refractivity contribution in [1.29, 1.82) is 0 Å². The molecule has 3 N–H and O–H groups in total. The predicted molar refractivity (Wildman–Crippen MR) is 71.2 cm³/mol. The van der Waals surface area contributed by atoms with Gasteiger partial charge in [-0.3, -0.25) is 4.79 Å². The average molecular weight is 268 g/mol. The summed E-state index contributed by atoms with van der Waals surface area (Å²) in [5.74, 6) is -0.127. The lowest BCUT2D eigenvalue weighted by Gasteiger charge is -2.20. The first-order valence-electron chi connectivity index (χ1n) is 5.93. The van der Waals surface area contributed by atoms with E-state index in [1.54, 1.807) is 18.7 Å². The zero-order valence-electron chi connectivity index (χ0n) is 10.2. The minimum Gasteiger partial charge on any atom is -0.478 e. The fourth-order valence-electron chi connectivity index (χ4n) is 2.06. The predicted octanol–water partition coefficient (Wildman–Crippen LogP) is 2.25. The standard InChI is InChI=1S/C12H16N2O3S/c1-7-10(12(16)17)8(6-13-7)14-11(15)9-4-2-3-5-18-9/h6,9,13H,2-5H2,1H3,(H,14,15)(H,16,17). The molecule has 0 bridgehead atoms. The van der Waals surface area contributed by atoms with Crippen molar-refractivity contribution in [3.8, 4) is 0 Å². The van der Waals surface area contributed by atoms with Crippen LogP contribution < -0.4 is 5.32 Å². The fourth-order valence-corrected chi connectivity index (χ4v) is 3.26. The summed E-state index contributed by atoms with van der Waals surface area (Å²) in [7, 11) is 0. The first kappa shape index (κ1) is 13.0. The number of carboxylic acids is 1. The van der Waals surface area contributed by atoms with Crippen molar-refractivity contribution < 1.29 is 14.7 Å². The molecular weight excluding hydrogens is 252 g/mol. The van der Waals surface area contributed by atoms with Crippen molar-refractivity contribution in [2.45, 2.75) is 31.4 Å². The Morgan fingerprint density at radius 3 is 2.89 bits per heavy atom. The van der Waals surface area contributed by atoms with Crippen molar-refractivity contribution in [3.63, 3.8) is 0 Å². The highest BCUT2D eigenvalue weighted by Crippen LogP contribution is 2.27. The molecule has 1 unspecified atom stereocenters. The summed E-state index contributed by atoms with van der Waals surface area (Å²) in [6, 6.07) is 0. The van der Waals surface area contributed by atoms with Gasteiger partial charge in [0.1, 0.15) is 5.56 Å². The number of carboxylic acid groups (broad SMARTS) is 1. The second-order valence-corrected chi connectivity index (χ2v) is 5.66. The summed E-state index contributed by atoms with van der Waals surface area (Å²) < 4.78 is 0. The first-order chi connectivity index (χ1) is 8.59. The molecule has 1 aliphatic rings. The van der Waals surface area contributed by atoms with E-state index in [-0.39, 0.29) is 16.7 Å². The number of carbonyl (C=O) groups excluding carboxylic acids is 1. The molecule has 1 atom stereocenters. The molecule has 1 aliphatic heterocycles. The van der Waals surface area contributed by atoms with Crippen molar-refractivity contribution >= 4 is 29.3 Å². The van der Waals surface area contributed by atoms with Gasteiger partial charge in [-0.15, -0.1) is 11.8 Å². The molecule has 5 nitrogen and oxygen atoms in total. The lowest BCUT2D eigenvalue weighted by Crippen LogP contribution is -2.28. The average Bonchev–Trinajstić information content (AvgIpc) is 2.71. The van der Waals surface area contributed by atoms with Gasteiger partial charge in [0.2, 0.25) is 5.91 Å². The van der Waals surface area contributed by atoms with Crippen LogP contribution in [0.4, 0.5) is 5.69 Å². The summed E-state index contributed by atoms with van der Waals surface area (Å²) in [5, 5.41) is 11.7. The number of hydrogen-bond donors (Lipinski definition) is 3. The molecule has 0 aliphatic carbocycles. The Bertz CT molecular complexity index is 464. The van der Waals surface area contributed by atoms with Crippen LogP contribution in [0.2, 0.25) is 0 Å². The Kier molecular flexibility index (Phi) is 3.96. The van der Waals surface area contributed by atoms with Crippen molar-refractivity contribution in [1.82, 2.24) is 4.98 Å². The molecule has 1 amide bonds. The lowest BCUT2D eigenvalue weighted by atomic mass is 10.1. The van der Waals surface area contributed by atoms with Gasteiger partial charge in [-0.05, 0) is 25.5 Å². The van der Waals surface area contributed by atoms with Crippen molar-refractivity contribution in [3.05, 3.63) is 17.5 Å². The van der Waals surface area contributed by atoms with E-state index in [1.165, 1.54) is 6.20 Å². The highest BCUT2D eigenvalue weighted by atomic mass is 32.2. The minimum atomic E-state index is -1.03. The Morgan fingerprint density at radius 1 is 1.50 bits per heavy atom. The molecule has 0 spiro atoms. The molecule has 2 heterocycles. The smallest absolute Gasteiger partial charge is 0.339 e. The molecule has 0 aromatic carbocycles. The quantitative estimate of drug-likeness (QED) is 0.785. The minimum absolute atomic E-state index is 0.0596. The van der Waals surface area contributed by atoms with Crippen LogP contribution in [0, 0.1) is 6.92 Å². The molecule has 0 radical (unpaired) electrons. The second kappa shape index (κ2) is 5.48. The number of hydrogen-bond acceptors (Lipinski definition) is 3. The topological polar surface area (TPSA) is 82.2 Å². The molecule has 1 saturated heterocycles. The Balaban J connectivity index is 2.09. The number of thioether (sulfide) groups is 1. The number of amides is 1. The van der Waals surface area contributed by atoms with E-state index in [0.29, 0.717) is 11.4 Å². The van der Waals surface area contributed by atoms with Gasteiger partial charge < -0.3 is 15.4 Å². The largest absolute Gasteiger partial charge is 0.478 e. The Morgan fingerprint density at radius 2 is 2.28 bits per heavy atom. The number of aromatic carboxylic acids is 1. The van der Waals surface area contributed by atoms with Crippen molar-refractivity contribution in [2.75, 3.05) is 11.1 Å². The van der Waals surface area contributed by atoms with E-state index < -0.39 is 5.97 Å². The zero-order valence-corrected chi connectivity index (χ0v) is 11.0. The molecule has 1 aromatic rings. The van der Waals surface area contributed by atoms with E-state index in [1.807, 2.05) is 0 Å². The zero-order chi connectivity index (χ0) is 13.1. The van der Waals surface area contributed by atoms with E-state index in [2.05, 4.69) is 10.3 Å². The summed E-state index contributed by atoms with van der Waals surface area (Å²) in [4.78, 5) is 25.9. The summed E-state index contributed by atoms with van der Waals surface area (Å²) in [6.07, 6.45) is 4.60. The maximum absolute atomic E-state index is 12.0. The monoisotopic (exact) mass is 268 g/mol. The van der Waals surface area contributed by atoms with Gasteiger partial charge in [0, 0.05) is 11.9 Å². The van der Waals surface area contributed by atoms with E-state index >= 15 is 0 Å². The van der Waals surface area contributed by atoms with Crippen LogP contribution in [0.5, 0.6) is 0 Å². The molecule has 0 saturated carbocycles. The highest BCUT2D eigenvalue weighted by molar-refractivity contribution is 8.00. The Labute approximate surface area is 109 Å². The van der Waals surface area contributed by atoms with Crippen LogP contribution in [-0.4, -0.2) is 33.0 Å². The van der Waals surface area contributed by atoms with Gasteiger partial charge in [-0.2, -0.15) is 0 Å². The first-order valence-corrected chi connectivity index (χ1v) is 6.98. The van der Waals surface area contributed by atoms with E-state index in [4.69, 9.17) is 5.11 Å². The number of carbonyl (C=O) groups is 2. The third-order valence-corrected chi connectivity index (χ3v) is 4.40. The molecule has 6 heteroatoms. The van der Waals surface area contributed by atoms with Gasteiger partial charge in [0.05, 0.1) is 10.9 Å². The Hall–Kier alpha value is -1.43. The number of aromatic amines is 1. The normalized spacial score (nSPS) is 19.5. The van der Waals surface area contributed by atoms with Crippen LogP contribution in [0.3, 0.4) is 0 Å². The fraction of sp³-hybridized carbons (Fsp3) is 0.500. The molecule has 1 aromatic heterocycles.